The zero-order valence-electron chi connectivity index (χ0n) is 11.3. The van der Waals surface area contributed by atoms with E-state index in [0.717, 1.165) is 21.5 Å². The van der Waals surface area contributed by atoms with Gasteiger partial charge in [-0.25, -0.2) is 13.1 Å². The van der Waals surface area contributed by atoms with Gasteiger partial charge in [0.2, 0.25) is 10.0 Å². The summed E-state index contributed by atoms with van der Waals surface area (Å²) in [6.07, 6.45) is 3.24. The van der Waals surface area contributed by atoms with E-state index in [9.17, 15) is 8.42 Å². The number of rotatable bonds is 4. The van der Waals surface area contributed by atoms with E-state index in [4.69, 9.17) is 0 Å². The Hall–Kier alpha value is -1.83. The number of hydrogen-bond acceptors (Lipinski definition) is 5. The first-order chi connectivity index (χ1) is 10.0. The number of aromatic nitrogens is 2. The van der Waals surface area contributed by atoms with Crippen molar-refractivity contribution in [3.05, 3.63) is 53.2 Å². The van der Waals surface area contributed by atoms with Gasteiger partial charge in [0.25, 0.3) is 0 Å². The molecule has 108 valence electrons. The minimum atomic E-state index is -3.46. The van der Waals surface area contributed by atoms with E-state index in [1.165, 1.54) is 11.3 Å². The summed E-state index contributed by atoms with van der Waals surface area (Å²) in [7, 11) is -3.46. The predicted molar refractivity (Wildman–Crippen MR) is 82.6 cm³/mol. The highest BCUT2D eigenvalue weighted by molar-refractivity contribution is 7.91. The van der Waals surface area contributed by atoms with Crippen LogP contribution in [0.2, 0.25) is 0 Å². The Kier molecular flexibility index (Phi) is 3.71. The van der Waals surface area contributed by atoms with Crippen molar-refractivity contribution in [3.63, 3.8) is 0 Å². The Morgan fingerprint density at radius 2 is 1.86 bits per heavy atom. The molecule has 1 aromatic carbocycles. The highest BCUT2D eigenvalue weighted by atomic mass is 32.2. The molecule has 3 rings (SSSR count). The second kappa shape index (κ2) is 5.51. The van der Waals surface area contributed by atoms with Gasteiger partial charge in [-0.3, -0.25) is 9.97 Å². The van der Waals surface area contributed by atoms with Gasteiger partial charge in [0.05, 0.1) is 11.0 Å². The van der Waals surface area contributed by atoms with E-state index in [0.29, 0.717) is 4.21 Å². The lowest BCUT2D eigenvalue weighted by atomic mass is 10.2. The molecule has 2 aromatic heterocycles. The summed E-state index contributed by atoms with van der Waals surface area (Å²) in [5.74, 6) is 0. The molecule has 0 amide bonds. The number of nitrogens with zero attached hydrogens (tertiary/aromatic N) is 2. The van der Waals surface area contributed by atoms with Crippen LogP contribution in [0.15, 0.2) is 46.9 Å². The molecule has 1 N–H and O–H groups in total. The zero-order chi connectivity index (χ0) is 14.9. The molecule has 0 radical (unpaired) electrons. The van der Waals surface area contributed by atoms with Crippen molar-refractivity contribution in [2.75, 3.05) is 0 Å². The molecule has 5 nitrogen and oxygen atoms in total. The lowest BCUT2D eigenvalue weighted by Crippen LogP contribution is -2.22. The first-order valence-corrected chi connectivity index (χ1v) is 8.60. The molecule has 0 aliphatic heterocycles. The summed E-state index contributed by atoms with van der Waals surface area (Å²) in [5, 5.41) is 0. The third-order valence-corrected chi connectivity index (χ3v) is 5.87. The monoisotopic (exact) mass is 319 g/mol. The fourth-order valence-electron chi connectivity index (χ4n) is 1.92. The molecule has 0 atom stereocenters. The maximum Gasteiger partial charge on any atom is 0.250 e. The SMILES string of the molecule is Cc1ccc(S(=O)(=O)NCc2ccc3nccnc3c2)s1. The molecule has 0 aliphatic carbocycles. The van der Waals surface area contributed by atoms with Crippen LogP contribution in [0.5, 0.6) is 0 Å². The van der Waals surface area contributed by atoms with Crippen LogP contribution in [0, 0.1) is 6.92 Å². The highest BCUT2D eigenvalue weighted by Gasteiger charge is 2.15. The van der Waals surface area contributed by atoms with Crippen LogP contribution in [0.1, 0.15) is 10.4 Å². The molecule has 0 fully saturated rings. The van der Waals surface area contributed by atoms with Gasteiger partial charge in [-0.15, -0.1) is 11.3 Å². The van der Waals surface area contributed by atoms with Crippen molar-refractivity contribution in [2.24, 2.45) is 0 Å². The van der Waals surface area contributed by atoms with E-state index in [1.54, 1.807) is 24.5 Å². The van der Waals surface area contributed by atoms with Crippen molar-refractivity contribution in [1.29, 1.82) is 0 Å². The molecular formula is C14H13N3O2S2. The van der Waals surface area contributed by atoms with Gasteiger partial charge in [0, 0.05) is 23.8 Å². The number of fused-ring (bicyclic) bond motifs is 1. The topological polar surface area (TPSA) is 72.0 Å². The lowest BCUT2D eigenvalue weighted by Gasteiger charge is -2.05. The van der Waals surface area contributed by atoms with Crippen LogP contribution < -0.4 is 4.72 Å². The molecule has 3 aromatic rings. The first-order valence-electron chi connectivity index (χ1n) is 6.30. The molecule has 0 spiro atoms. The number of aryl methyl sites for hydroxylation is 1. The Morgan fingerprint density at radius 3 is 2.57 bits per heavy atom. The van der Waals surface area contributed by atoms with Gasteiger partial charge >= 0.3 is 0 Å². The van der Waals surface area contributed by atoms with E-state index >= 15 is 0 Å². The van der Waals surface area contributed by atoms with Crippen molar-refractivity contribution in [3.8, 4) is 0 Å². The average molecular weight is 319 g/mol. The third-order valence-electron chi connectivity index (χ3n) is 2.98. The van der Waals surface area contributed by atoms with E-state index in [-0.39, 0.29) is 6.54 Å². The lowest BCUT2D eigenvalue weighted by molar-refractivity contribution is 0.583. The van der Waals surface area contributed by atoms with Gasteiger partial charge < -0.3 is 0 Å². The highest BCUT2D eigenvalue weighted by Crippen LogP contribution is 2.20. The van der Waals surface area contributed by atoms with Crippen LogP contribution in [0.4, 0.5) is 0 Å². The number of sulfonamides is 1. The summed E-state index contributed by atoms with van der Waals surface area (Å²) >= 11 is 1.26. The number of benzene rings is 1. The quantitative estimate of drug-likeness (QED) is 0.802. The molecule has 0 saturated carbocycles. The standard InChI is InChI=1S/C14H13N3O2S2/c1-10-2-5-14(20-10)21(18,19)17-9-11-3-4-12-13(8-11)16-7-6-15-12/h2-8,17H,9H2,1H3. The van der Waals surface area contributed by atoms with Crippen LogP contribution >= 0.6 is 11.3 Å². The van der Waals surface area contributed by atoms with Crippen molar-refractivity contribution < 1.29 is 8.42 Å². The third kappa shape index (κ3) is 3.10. The Labute approximate surface area is 126 Å². The van der Waals surface area contributed by atoms with Gasteiger partial charge in [-0.05, 0) is 36.8 Å². The average Bonchev–Trinajstić information content (AvgIpc) is 2.92. The minimum Gasteiger partial charge on any atom is -0.253 e. The molecule has 0 bridgehead atoms. The molecular weight excluding hydrogens is 306 g/mol. The summed E-state index contributed by atoms with van der Waals surface area (Å²) in [4.78, 5) is 9.36. The molecule has 7 heteroatoms. The summed E-state index contributed by atoms with van der Waals surface area (Å²) in [6.45, 7) is 2.11. The van der Waals surface area contributed by atoms with Crippen molar-refractivity contribution in [1.82, 2.24) is 14.7 Å². The normalized spacial score (nSPS) is 11.9. The Morgan fingerprint density at radius 1 is 1.10 bits per heavy atom. The second-order valence-electron chi connectivity index (χ2n) is 4.57. The van der Waals surface area contributed by atoms with E-state index in [1.807, 2.05) is 25.1 Å². The Balaban J connectivity index is 1.80. The fraction of sp³-hybridized carbons (Fsp3) is 0.143. The minimum absolute atomic E-state index is 0.228. The summed E-state index contributed by atoms with van der Waals surface area (Å²) < 4.78 is 27.2. The number of thiophene rings is 1. The number of nitrogens with one attached hydrogen (secondary N) is 1. The van der Waals surface area contributed by atoms with Crippen LogP contribution in [-0.2, 0) is 16.6 Å². The van der Waals surface area contributed by atoms with Gasteiger partial charge in [0.15, 0.2) is 0 Å². The van der Waals surface area contributed by atoms with E-state index < -0.39 is 10.0 Å². The predicted octanol–water partition coefficient (Wildman–Crippen LogP) is 2.48. The van der Waals surface area contributed by atoms with Crippen LogP contribution in [0.3, 0.4) is 0 Å². The summed E-state index contributed by atoms with van der Waals surface area (Å²) in [6, 6.07) is 8.93. The van der Waals surface area contributed by atoms with Crippen molar-refractivity contribution in [2.45, 2.75) is 17.7 Å². The molecule has 0 unspecified atom stereocenters. The second-order valence-corrected chi connectivity index (χ2v) is 7.85. The molecule has 0 aliphatic rings. The zero-order valence-corrected chi connectivity index (χ0v) is 12.9. The van der Waals surface area contributed by atoms with Gasteiger partial charge in [-0.1, -0.05) is 6.07 Å². The summed E-state index contributed by atoms with van der Waals surface area (Å²) in [5.41, 5.74) is 2.39. The van der Waals surface area contributed by atoms with E-state index in [2.05, 4.69) is 14.7 Å². The largest absolute Gasteiger partial charge is 0.253 e. The Bertz CT molecular complexity index is 888. The maximum atomic E-state index is 12.2. The van der Waals surface area contributed by atoms with Crippen molar-refractivity contribution >= 4 is 32.4 Å². The first kappa shape index (κ1) is 14.1. The number of hydrogen-bond donors (Lipinski definition) is 1. The van der Waals surface area contributed by atoms with Gasteiger partial charge in [0.1, 0.15) is 4.21 Å². The molecule has 0 saturated heterocycles. The van der Waals surface area contributed by atoms with Crippen LogP contribution in [0.25, 0.3) is 11.0 Å². The molecule has 21 heavy (non-hydrogen) atoms. The smallest absolute Gasteiger partial charge is 0.250 e. The fourth-order valence-corrected chi connectivity index (χ4v) is 4.27. The van der Waals surface area contributed by atoms with Crippen LogP contribution in [-0.4, -0.2) is 18.4 Å². The maximum absolute atomic E-state index is 12.2. The molecule has 2 heterocycles. The van der Waals surface area contributed by atoms with Gasteiger partial charge in [-0.2, -0.15) is 0 Å².